The third-order valence-corrected chi connectivity index (χ3v) is 2.69. The molecule has 1 heterocycles. The highest BCUT2D eigenvalue weighted by molar-refractivity contribution is 5.87. The fraction of sp³-hybridized carbons (Fsp3) is 0.143. The Morgan fingerprint density at radius 2 is 1.83 bits per heavy atom. The minimum absolute atomic E-state index is 0.0667. The molecule has 0 aliphatic carbocycles. The summed E-state index contributed by atoms with van der Waals surface area (Å²) in [4.78, 5) is 22.3. The molecule has 18 heavy (non-hydrogen) atoms. The van der Waals surface area contributed by atoms with Gasteiger partial charge in [0.1, 0.15) is 0 Å². The molecule has 0 spiro atoms. The van der Waals surface area contributed by atoms with E-state index in [4.69, 9.17) is 5.11 Å². The van der Waals surface area contributed by atoms with Crippen molar-refractivity contribution >= 4 is 5.97 Å². The molecule has 0 aliphatic rings. The Balaban J connectivity index is 2.26. The molecular weight excluding hydrogens is 230 g/mol. The second kappa shape index (κ2) is 4.87. The maximum Gasteiger partial charge on any atom is 0.335 e. The quantitative estimate of drug-likeness (QED) is 0.895. The molecule has 4 nitrogen and oxygen atoms in total. The van der Waals surface area contributed by atoms with Gasteiger partial charge in [-0.2, -0.15) is 0 Å². The molecule has 2 aromatic rings. The number of carboxylic acids is 1. The van der Waals surface area contributed by atoms with E-state index in [1.54, 1.807) is 41.1 Å². The molecule has 0 saturated heterocycles. The van der Waals surface area contributed by atoms with Gasteiger partial charge in [-0.3, -0.25) is 4.79 Å². The van der Waals surface area contributed by atoms with Crippen LogP contribution in [-0.4, -0.2) is 15.6 Å². The van der Waals surface area contributed by atoms with Crippen molar-refractivity contribution in [3.63, 3.8) is 0 Å². The van der Waals surface area contributed by atoms with Gasteiger partial charge in [-0.15, -0.1) is 0 Å². The van der Waals surface area contributed by atoms with Crippen molar-refractivity contribution in [1.29, 1.82) is 0 Å². The van der Waals surface area contributed by atoms with Crippen LogP contribution in [0.4, 0.5) is 0 Å². The van der Waals surface area contributed by atoms with Crippen LogP contribution in [0.5, 0.6) is 0 Å². The van der Waals surface area contributed by atoms with Crippen LogP contribution < -0.4 is 5.56 Å². The molecule has 4 heteroatoms. The first-order valence-corrected chi connectivity index (χ1v) is 5.55. The van der Waals surface area contributed by atoms with E-state index < -0.39 is 5.97 Å². The van der Waals surface area contributed by atoms with Crippen molar-refractivity contribution in [2.75, 3.05) is 0 Å². The first kappa shape index (κ1) is 12.1. The lowest BCUT2D eigenvalue weighted by molar-refractivity contribution is 0.0697. The van der Waals surface area contributed by atoms with Crippen LogP contribution in [0.2, 0.25) is 0 Å². The van der Waals surface area contributed by atoms with Gasteiger partial charge in [0.15, 0.2) is 0 Å². The van der Waals surface area contributed by atoms with E-state index in [0.717, 1.165) is 11.1 Å². The van der Waals surface area contributed by atoms with Crippen molar-refractivity contribution in [2.45, 2.75) is 13.5 Å². The van der Waals surface area contributed by atoms with Gasteiger partial charge < -0.3 is 9.67 Å². The number of carboxylic acid groups (broad SMARTS) is 1. The van der Waals surface area contributed by atoms with Crippen molar-refractivity contribution in [1.82, 2.24) is 4.57 Å². The summed E-state index contributed by atoms with van der Waals surface area (Å²) in [6, 6.07) is 9.82. The van der Waals surface area contributed by atoms with Crippen LogP contribution >= 0.6 is 0 Å². The van der Waals surface area contributed by atoms with Gasteiger partial charge in [-0.1, -0.05) is 18.2 Å². The SMILES string of the molecule is Cc1ccc(=O)n(Cc2ccc(C(=O)O)cc2)c1. The number of hydrogen-bond donors (Lipinski definition) is 1. The van der Waals surface area contributed by atoms with Crippen LogP contribution in [0.3, 0.4) is 0 Å². The highest BCUT2D eigenvalue weighted by atomic mass is 16.4. The average molecular weight is 243 g/mol. The number of aromatic nitrogens is 1. The Morgan fingerprint density at radius 1 is 1.17 bits per heavy atom. The molecule has 1 N–H and O–H groups in total. The molecule has 0 fully saturated rings. The Labute approximate surface area is 104 Å². The molecule has 0 radical (unpaired) electrons. The van der Waals surface area contributed by atoms with Gasteiger partial charge >= 0.3 is 5.97 Å². The zero-order valence-corrected chi connectivity index (χ0v) is 9.96. The number of aryl methyl sites for hydroxylation is 1. The molecule has 0 bridgehead atoms. The normalized spacial score (nSPS) is 10.3. The van der Waals surface area contributed by atoms with Gasteiger partial charge in [0, 0.05) is 12.3 Å². The van der Waals surface area contributed by atoms with Crippen molar-refractivity contribution < 1.29 is 9.90 Å². The summed E-state index contributed by atoms with van der Waals surface area (Å²) in [7, 11) is 0. The van der Waals surface area contributed by atoms with E-state index in [1.165, 1.54) is 6.07 Å². The Morgan fingerprint density at radius 3 is 2.44 bits per heavy atom. The third kappa shape index (κ3) is 2.66. The highest BCUT2D eigenvalue weighted by Gasteiger charge is 2.03. The zero-order valence-electron chi connectivity index (χ0n) is 9.96. The van der Waals surface area contributed by atoms with Crippen LogP contribution in [0, 0.1) is 6.92 Å². The smallest absolute Gasteiger partial charge is 0.335 e. The van der Waals surface area contributed by atoms with Crippen LogP contribution in [0.1, 0.15) is 21.5 Å². The minimum Gasteiger partial charge on any atom is -0.478 e. The van der Waals surface area contributed by atoms with E-state index in [0.29, 0.717) is 6.54 Å². The van der Waals surface area contributed by atoms with Crippen LogP contribution in [0.25, 0.3) is 0 Å². The number of aromatic carboxylic acids is 1. The topological polar surface area (TPSA) is 59.3 Å². The molecule has 0 amide bonds. The summed E-state index contributed by atoms with van der Waals surface area (Å²) in [5, 5.41) is 8.79. The predicted octanol–water partition coefficient (Wildman–Crippen LogP) is 1.90. The average Bonchev–Trinajstić information content (AvgIpc) is 2.34. The summed E-state index contributed by atoms with van der Waals surface area (Å²) < 4.78 is 1.60. The summed E-state index contributed by atoms with van der Waals surface area (Å²) in [5.74, 6) is -0.950. The molecule has 1 aromatic heterocycles. The lowest BCUT2D eigenvalue weighted by atomic mass is 10.1. The molecule has 1 aromatic carbocycles. The maximum absolute atomic E-state index is 11.6. The number of benzene rings is 1. The molecule has 0 atom stereocenters. The molecule has 92 valence electrons. The lowest BCUT2D eigenvalue weighted by Gasteiger charge is -2.06. The fourth-order valence-electron chi connectivity index (χ4n) is 1.72. The van der Waals surface area contributed by atoms with E-state index in [-0.39, 0.29) is 11.1 Å². The van der Waals surface area contributed by atoms with Gasteiger partial charge in [0.05, 0.1) is 12.1 Å². The van der Waals surface area contributed by atoms with Gasteiger partial charge in [0.2, 0.25) is 0 Å². The standard InChI is InChI=1S/C14H13NO3/c1-10-2-7-13(16)15(8-10)9-11-3-5-12(6-4-11)14(17)18/h2-8H,9H2,1H3,(H,17,18). The van der Waals surface area contributed by atoms with Crippen LogP contribution in [0.15, 0.2) is 47.4 Å². The number of carbonyl (C=O) groups is 1. The van der Waals surface area contributed by atoms with Gasteiger partial charge in [-0.05, 0) is 30.2 Å². The number of hydrogen-bond acceptors (Lipinski definition) is 2. The zero-order chi connectivity index (χ0) is 13.1. The predicted molar refractivity (Wildman–Crippen MR) is 67.9 cm³/mol. The first-order valence-electron chi connectivity index (χ1n) is 5.55. The van der Waals surface area contributed by atoms with Crippen molar-refractivity contribution in [3.8, 4) is 0 Å². The van der Waals surface area contributed by atoms with Gasteiger partial charge in [0.25, 0.3) is 5.56 Å². The fourth-order valence-corrected chi connectivity index (χ4v) is 1.72. The maximum atomic E-state index is 11.6. The van der Waals surface area contributed by atoms with E-state index in [9.17, 15) is 9.59 Å². The third-order valence-electron chi connectivity index (χ3n) is 2.69. The molecule has 0 saturated carbocycles. The van der Waals surface area contributed by atoms with Crippen LogP contribution in [-0.2, 0) is 6.54 Å². The molecule has 2 rings (SSSR count). The Kier molecular flexibility index (Phi) is 3.28. The lowest BCUT2D eigenvalue weighted by Crippen LogP contribution is -2.19. The van der Waals surface area contributed by atoms with Gasteiger partial charge in [-0.25, -0.2) is 4.79 Å². The largest absolute Gasteiger partial charge is 0.478 e. The van der Waals surface area contributed by atoms with Crippen molar-refractivity contribution in [2.24, 2.45) is 0 Å². The number of pyridine rings is 1. The summed E-state index contributed by atoms with van der Waals surface area (Å²) in [5.41, 5.74) is 2.09. The number of rotatable bonds is 3. The van der Waals surface area contributed by atoms with E-state index in [2.05, 4.69) is 0 Å². The monoisotopic (exact) mass is 243 g/mol. The summed E-state index contributed by atoms with van der Waals surface area (Å²) >= 11 is 0. The molecule has 0 unspecified atom stereocenters. The van der Waals surface area contributed by atoms with E-state index >= 15 is 0 Å². The number of nitrogens with zero attached hydrogens (tertiary/aromatic N) is 1. The first-order chi connectivity index (χ1) is 8.56. The Bertz CT molecular complexity index is 626. The Hall–Kier alpha value is -2.36. The second-order valence-electron chi connectivity index (χ2n) is 4.17. The van der Waals surface area contributed by atoms with E-state index in [1.807, 2.05) is 6.92 Å². The summed E-state index contributed by atoms with van der Waals surface area (Å²) in [6.07, 6.45) is 1.79. The molecule has 0 aliphatic heterocycles. The second-order valence-corrected chi connectivity index (χ2v) is 4.17. The minimum atomic E-state index is -0.950. The van der Waals surface area contributed by atoms with Crippen molar-refractivity contribution in [3.05, 3.63) is 69.6 Å². The highest BCUT2D eigenvalue weighted by Crippen LogP contribution is 2.06. The molecular formula is C14H13NO3. The summed E-state index contributed by atoms with van der Waals surface area (Å²) in [6.45, 7) is 2.36.